The van der Waals surface area contributed by atoms with Crippen LogP contribution in [-0.4, -0.2) is 36.1 Å². The monoisotopic (exact) mass is 403 g/mol. The van der Waals surface area contributed by atoms with E-state index in [2.05, 4.69) is 10.3 Å². The van der Waals surface area contributed by atoms with Crippen LogP contribution in [0.2, 0.25) is 0 Å². The van der Waals surface area contributed by atoms with Gasteiger partial charge in [0.25, 0.3) is 5.91 Å². The first kappa shape index (κ1) is 19.3. The van der Waals surface area contributed by atoms with Crippen molar-refractivity contribution < 1.29 is 19.0 Å². The first-order chi connectivity index (χ1) is 14.7. The van der Waals surface area contributed by atoms with Crippen molar-refractivity contribution in [1.82, 2.24) is 9.38 Å². The largest absolute Gasteiger partial charge is 0.497 e. The number of hydrogen-bond donors (Lipinski definition) is 1. The topological polar surface area (TPSA) is 74.1 Å². The van der Waals surface area contributed by atoms with E-state index in [4.69, 9.17) is 14.2 Å². The van der Waals surface area contributed by atoms with Gasteiger partial charge in [-0.25, -0.2) is 4.98 Å². The maximum atomic E-state index is 12.5. The molecule has 0 aliphatic heterocycles. The number of ether oxygens (including phenoxy) is 3. The molecule has 0 aliphatic carbocycles. The fourth-order valence-corrected chi connectivity index (χ4v) is 3.06. The molecule has 0 radical (unpaired) electrons. The summed E-state index contributed by atoms with van der Waals surface area (Å²) in [4.78, 5) is 17.1. The van der Waals surface area contributed by atoms with Crippen molar-refractivity contribution >= 4 is 17.2 Å². The minimum Gasteiger partial charge on any atom is -0.497 e. The lowest BCUT2D eigenvalue weighted by molar-refractivity contribution is -0.118. The van der Waals surface area contributed by atoms with Crippen molar-refractivity contribution in [2.45, 2.75) is 0 Å². The number of hydrogen-bond acceptors (Lipinski definition) is 5. The second kappa shape index (κ2) is 8.57. The standard InChI is InChI=1S/C23H21N3O4/c1-28-17-6-5-7-18(13-17)30-15-23(27)25-19-12-16(9-10-21(19)29-2)20-14-26-11-4-3-8-22(26)24-20/h3-14H,15H2,1-2H3,(H,25,27). The number of pyridine rings is 1. The van der Waals surface area contributed by atoms with Crippen molar-refractivity contribution in [1.29, 1.82) is 0 Å². The summed E-state index contributed by atoms with van der Waals surface area (Å²) in [6, 6.07) is 18.5. The Morgan fingerprint density at radius 3 is 2.67 bits per heavy atom. The van der Waals surface area contributed by atoms with E-state index in [-0.39, 0.29) is 12.5 Å². The highest BCUT2D eigenvalue weighted by atomic mass is 16.5. The average molecular weight is 403 g/mol. The quantitative estimate of drug-likeness (QED) is 0.504. The van der Waals surface area contributed by atoms with Crippen LogP contribution in [0.3, 0.4) is 0 Å². The average Bonchev–Trinajstić information content (AvgIpc) is 3.22. The summed E-state index contributed by atoms with van der Waals surface area (Å²) in [5, 5.41) is 2.85. The predicted molar refractivity (Wildman–Crippen MR) is 114 cm³/mol. The third-order valence-electron chi connectivity index (χ3n) is 4.54. The Labute approximate surface area is 173 Å². The number of fused-ring (bicyclic) bond motifs is 1. The van der Waals surface area contributed by atoms with E-state index in [1.807, 2.05) is 53.2 Å². The molecule has 0 bridgehead atoms. The maximum Gasteiger partial charge on any atom is 0.262 e. The van der Waals surface area contributed by atoms with Crippen LogP contribution in [0.5, 0.6) is 17.2 Å². The van der Waals surface area contributed by atoms with Crippen molar-refractivity contribution in [3.8, 4) is 28.5 Å². The first-order valence-corrected chi connectivity index (χ1v) is 9.35. The zero-order valence-electron chi connectivity index (χ0n) is 16.7. The molecule has 0 saturated heterocycles. The number of nitrogens with one attached hydrogen (secondary N) is 1. The van der Waals surface area contributed by atoms with Crippen LogP contribution in [-0.2, 0) is 4.79 Å². The summed E-state index contributed by atoms with van der Waals surface area (Å²) < 4.78 is 18.1. The molecule has 0 aliphatic rings. The number of amides is 1. The molecule has 2 aromatic heterocycles. The van der Waals surface area contributed by atoms with Gasteiger partial charge in [-0.05, 0) is 42.5 Å². The molecule has 152 valence electrons. The molecule has 1 N–H and O–H groups in total. The highest BCUT2D eigenvalue weighted by molar-refractivity contribution is 5.94. The first-order valence-electron chi connectivity index (χ1n) is 9.35. The van der Waals surface area contributed by atoms with E-state index >= 15 is 0 Å². The molecule has 2 heterocycles. The smallest absolute Gasteiger partial charge is 0.262 e. The summed E-state index contributed by atoms with van der Waals surface area (Å²) in [5.74, 6) is 1.46. The van der Waals surface area contributed by atoms with Crippen LogP contribution in [0.4, 0.5) is 5.69 Å². The van der Waals surface area contributed by atoms with Crippen LogP contribution < -0.4 is 19.5 Å². The zero-order chi connectivity index (χ0) is 20.9. The molecule has 1 amide bonds. The summed E-state index contributed by atoms with van der Waals surface area (Å²) >= 11 is 0. The Kier molecular flexibility index (Phi) is 5.52. The molecular weight excluding hydrogens is 382 g/mol. The molecule has 0 fully saturated rings. The summed E-state index contributed by atoms with van der Waals surface area (Å²) in [5.41, 5.74) is 3.06. The Bertz CT molecular complexity index is 1150. The van der Waals surface area contributed by atoms with Crippen molar-refractivity contribution in [3.05, 3.63) is 73.1 Å². The molecule has 4 rings (SSSR count). The molecule has 0 saturated carbocycles. The Morgan fingerprint density at radius 2 is 1.87 bits per heavy atom. The third-order valence-corrected chi connectivity index (χ3v) is 4.54. The lowest BCUT2D eigenvalue weighted by Gasteiger charge is -2.12. The number of rotatable bonds is 7. The number of aromatic nitrogens is 2. The van der Waals surface area contributed by atoms with E-state index < -0.39 is 0 Å². The number of carbonyl (C=O) groups excluding carboxylic acids is 1. The number of nitrogens with zero attached hydrogens (tertiary/aromatic N) is 2. The minimum atomic E-state index is -0.303. The van der Waals surface area contributed by atoms with Gasteiger partial charge in [-0.3, -0.25) is 4.79 Å². The fourth-order valence-electron chi connectivity index (χ4n) is 3.06. The van der Waals surface area contributed by atoms with Gasteiger partial charge in [0.05, 0.1) is 25.6 Å². The Morgan fingerprint density at radius 1 is 1.00 bits per heavy atom. The summed E-state index contributed by atoms with van der Waals surface area (Å²) in [6.07, 6.45) is 3.88. The minimum absolute atomic E-state index is 0.144. The van der Waals surface area contributed by atoms with E-state index in [0.29, 0.717) is 22.9 Å². The van der Waals surface area contributed by atoms with Crippen molar-refractivity contribution in [2.24, 2.45) is 0 Å². The molecule has 0 spiro atoms. The van der Waals surface area contributed by atoms with Gasteiger partial charge in [0.2, 0.25) is 0 Å². The van der Waals surface area contributed by atoms with E-state index in [0.717, 1.165) is 16.9 Å². The molecule has 7 nitrogen and oxygen atoms in total. The van der Waals surface area contributed by atoms with Gasteiger partial charge >= 0.3 is 0 Å². The number of benzene rings is 2. The van der Waals surface area contributed by atoms with Crippen LogP contribution in [0.25, 0.3) is 16.9 Å². The maximum absolute atomic E-state index is 12.5. The van der Waals surface area contributed by atoms with Gasteiger partial charge in [-0.15, -0.1) is 0 Å². The second-order valence-electron chi connectivity index (χ2n) is 6.52. The Hall–Kier alpha value is -4.00. The molecule has 0 unspecified atom stereocenters. The number of imidazole rings is 1. The predicted octanol–water partition coefficient (Wildman–Crippen LogP) is 4.04. The lowest BCUT2D eigenvalue weighted by atomic mass is 10.1. The summed E-state index contributed by atoms with van der Waals surface area (Å²) in [6.45, 7) is -0.144. The second-order valence-corrected chi connectivity index (χ2v) is 6.52. The molecule has 4 aromatic rings. The SMILES string of the molecule is COc1cccc(OCC(=O)Nc2cc(-c3cn4ccccc4n3)ccc2OC)c1. The molecule has 2 aromatic carbocycles. The highest BCUT2D eigenvalue weighted by Gasteiger charge is 2.12. The lowest BCUT2D eigenvalue weighted by Crippen LogP contribution is -2.20. The number of methoxy groups -OCH3 is 2. The van der Waals surface area contributed by atoms with Crippen molar-refractivity contribution in [3.63, 3.8) is 0 Å². The van der Waals surface area contributed by atoms with E-state index in [1.54, 1.807) is 38.5 Å². The van der Waals surface area contributed by atoms with Crippen LogP contribution in [0, 0.1) is 0 Å². The van der Waals surface area contributed by atoms with Crippen LogP contribution in [0.15, 0.2) is 73.1 Å². The molecule has 7 heteroatoms. The van der Waals surface area contributed by atoms with E-state index in [9.17, 15) is 4.79 Å². The van der Waals surface area contributed by atoms with Crippen LogP contribution in [0.1, 0.15) is 0 Å². The zero-order valence-corrected chi connectivity index (χ0v) is 16.7. The van der Waals surface area contributed by atoms with Gasteiger partial charge in [-0.2, -0.15) is 0 Å². The Balaban J connectivity index is 1.51. The van der Waals surface area contributed by atoms with Gasteiger partial charge < -0.3 is 23.9 Å². The van der Waals surface area contributed by atoms with Crippen molar-refractivity contribution in [2.75, 3.05) is 26.1 Å². The molecular formula is C23H21N3O4. The highest BCUT2D eigenvalue weighted by Crippen LogP contribution is 2.30. The normalized spacial score (nSPS) is 10.6. The fraction of sp³-hybridized carbons (Fsp3) is 0.130. The van der Waals surface area contributed by atoms with Gasteiger partial charge in [0.1, 0.15) is 22.9 Å². The number of anilines is 1. The third kappa shape index (κ3) is 4.20. The molecule has 30 heavy (non-hydrogen) atoms. The van der Waals surface area contributed by atoms with Gasteiger partial charge in [0, 0.05) is 24.0 Å². The van der Waals surface area contributed by atoms with Gasteiger partial charge in [0.15, 0.2) is 6.61 Å². The summed E-state index contributed by atoms with van der Waals surface area (Å²) in [7, 11) is 3.14. The molecule has 0 atom stereocenters. The van der Waals surface area contributed by atoms with E-state index in [1.165, 1.54) is 0 Å². The number of carbonyl (C=O) groups is 1. The van der Waals surface area contributed by atoms with Gasteiger partial charge in [-0.1, -0.05) is 12.1 Å². The van der Waals surface area contributed by atoms with Crippen LogP contribution >= 0.6 is 0 Å².